The molecule has 0 spiro atoms. The fourth-order valence-corrected chi connectivity index (χ4v) is 8.78. The minimum atomic E-state index is -4.32. The fourth-order valence-electron chi connectivity index (χ4n) is 8.04. The normalized spacial score (nSPS) is 14.1. The lowest BCUT2D eigenvalue weighted by atomic mass is 10.0. The van der Waals surface area contributed by atoms with Crippen molar-refractivity contribution in [1.82, 2.24) is 5.32 Å². The summed E-state index contributed by atoms with van der Waals surface area (Å²) in [6.45, 7) is 4.92. The van der Waals surface area contributed by atoms with Crippen molar-refractivity contribution in [2.75, 3.05) is 40.9 Å². The van der Waals surface area contributed by atoms with Crippen LogP contribution >= 0.6 is 7.82 Å². The second-order valence-electron chi connectivity index (χ2n) is 19.6. The van der Waals surface area contributed by atoms with E-state index in [-0.39, 0.29) is 19.1 Å². The molecular weight excluding hydrogens is 780 g/mol. The van der Waals surface area contributed by atoms with Gasteiger partial charge in [-0.1, -0.05) is 231 Å². The predicted octanol–water partition coefficient (Wildman–Crippen LogP) is 15.5. The highest BCUT2D eigenvalue weighted by Gasteiger charge is 2.28. The van der Waals surface area contributed by atoms with Crippen molar-refractivity contribution < 1.29 is 32.9 Å². The van der Waals surface area contributed by atoms with Gasteiger partial charge < -0.3 is 19.8 Å². The number of likely N-dealkylation sites (N-methyl/N-ethyl adjacent to an activating group) is 1. The molecule has 0 bridgehead atoms. The highest BCUT2D eigenvalue weighted by atomic mass is 31.2. The summed E-state index contributed by atoms with van der Waals surface area (Å²) < 4.78 is 23.7. The van der Waals surface area contributed by atoms with Crippen LogP contribution in [-0.4, -0.2) is 73.4 Å². The van der Waals surface area contributed by atoms with Crippen molar-refractivity contribution in [2.45, 2.75) is 276 Å². The van der Waals surface area contributed by atoms with E-state index < -0.39 is 20.0 Å². The fraction of sp³-hybridized carbons (Fsp3) is 0.942. The Kier molecular flexibility index (Phi) is 43.9. The van der Waals surface area contributed by atoms with E-state index in [9.17, 15) is 19.4 Å². The molecule has 0 saturated carbocycles. The van der Waals surface area contributed by atoms with Gasteiger partial charge in [0.1, 0.15) is 13.2 Å². The van der Waals surface area contributed by atoms with Crippen LogP contribution in [0.2, 0.25) is 0 Å². The van der Waals surface area contributed by atoms with E-state index in [0.29, 0.717) is 23.9 Å². The first-order chi connectivity index (χ1) is 29.5. The molecule has 9 heteroatoms. The van der Waals surface area contributed by atoms with Gasteiger partial charge in [0.05, 0.1) is 39.9 Å². The molecule has 0 rings (SSSR count). The summed E-state index contributed by atoms with van der Waals surface area (Å²) >= 11 is 0. The van der Waals surface area contributed by atoms with Crippen LogP contribution in [0.5, 0.6) is 0 Å². The molecule has 8 nitrogen and oxygen atoms in total. The number of unbranched alkanes of at least 4 members (excludes halogenated alkanes) is 34. The van der Waals surface area contributed by atoms with Crippen molar-refractivity contribution in [3.05, 3.63) is 12.2 Å². The molecule has 0 aliphatic carbocycles. The summed E-state index contributed by atoms with van der Waals surface area (Å²) in [5, 5.41) is 14.0. The van der Waals surface area contributed by atoms with Crippen molar-refractivity contribution in [3.8, 4) is 0 Å². The molecule has 0 heterocycles. The first kappa shape index (κ1) is 60.2. The van der Waals surface area contributed by atoms with Crippen LogP contribution in [0.4, 0.5) is 0 Å². The minimum Gasteiger partial charge on any atom is -0.391 e. The van der Waals surface area contributed by atoms with Crippen LogP contribution in [0.15, 0.2) is 12.2 Å². The molecule has 1 amide bonds. The largest absolute Gasteiger partial charge is 0.472 e. The number of rotatable bonds is 49. The second kappa shape index (κ2) is 44.4. The minimum absolute atomic E-state index is 0.0761. The quantitative estimate of drug-likeness (QED) is 0.0243. The Morgan fingerprint density at radius 1 is 0.541 bits per heavy atom. The van der Waals surface area contributed by atoms with Crippen LogP contribution in [0.1, 0.15) is 264 Å². The third-order valence-electron chi connectivity index (χ3n) is 12.3. The monoisotopic (exact) mass is 886 g/mol. The van der Waals surface area contributed by atoms with Gasteiger partial charge in [-0.15, -0.1) is 0 Å². The van der Waals surface area contributed by atoms with Gasteiger partial charge in [-0.3, -0.25) is 13.8 Å². The first-order valence-electron chi connectivity index (χ1n) is 26.6. The Labute approximate surface area is 380 Å². The molecular formula is C52H106N2O6P+. The SMILES string of the molecule is CCCCCCCCC/C=C\CCCCCCCCCC(=O)NC(COP(=O)(O)OCC[N+](C)(C)C)C(O)CCCCCCCCCCCCCCCCCCCCCCC. The number of allylic oxidation sites excluding steroid dienone is 2. The van der Waals surface area contributed by atoms with Crippen LogP contribution in [0.3, 0.4) is 0 Å². The smallest absolute Gasteiger partial charge is 0.391 e. The van der Waals surface area contributed by atoms with Gasteiger partial charge in [0.2, 0.25) is 5.91 Å². The number of carbonyl (C=O) groups is 1. The third kappa shape index (κ3) is 47.0. The van der Waals surface area contributed by atoms with E-state index in [2.05, 4.69) is 31.3 Å². The van der Waals surface area contributed by atoms with Gasteiger partial charge in [-0.2, -0.15) is 0 Å². The maximum absolute atomic E-state index is 13.0. The maximum atomic E-state index is 13.0. The highest BCUT2D eigenvalue weighted by Crippen LogP contribution is 2.43. The van der Waals surface area contributed by atoms with Gasteiger partial charge in [0.25, 0.3) is 0 Å². The molecule has 3 N–H and O–H groups in total. The number of aliphatic hydroxyl groups excluding tert-OH is 1. The van der Waals surface area contributed by atoms with Crippen molar-refractivity contribution >= 4 is 13.7 Å². The van der Waals surface area contributed by atoms with Gasteiger partial charge in [-0.25, -0.2) is 4.57 Å². The number of nitrogens with zero attached hydrogens (tertiary/aromatic N) is 1. The molecule has 0 saturated heterocycles. The van der Waals surface area contributed by atoms with Crippen molar-refractivity contribution in [1.29, 1.82) is 0 Å². The van der Waals surface area contributed by atoms with Crippen LogP contribution in [0, 0.1) is 0 Å². The Bertz CT molecular complexity index is 1000. The second-order valence-corrected chi connectivity index (χ2v) is 21.1. The lowest BCUT2D eigenvalue weighted by molar-refractivity contribution is -0.870. The van der Waals surface area contributed by atoms with Gasteiger partial charge in [0.15, 0.2) is 0 Å². The molecule has 0 aliphatic rings. The summed E-state index contributed by atoms with van der Waals surface area (Å²) in [6, 6.07) is -0.760. The summed E-state index contributed by atoms with van der Waals surface area (Å²) in [6.07, 6.45) is 52.5. The standard InChI is InChI=1S/C52H105N2O6P/c1-6-8-10-12-14-16-18-20-22-24-26-27-28-29-31-33-35-37-39-41-43-45-51(55)50(49-60-61(57,58)59-48-47-54(3,4)5)53-52(56)46-44-42-40-38-36-34-32-30-25-23-21-19-17-15-13-11-9-7-2/h23,25,50-51,55H,6-22,24,26-49H2,1-5H3,(H-,53,56,57,58)/p+1/b25-23-. The molecule has 0 aromatic rings. The number of aliphatic hydroxyl groups is 1. The van der Waals surface area contributed by atoms with E-state index in [0.717, 1.165) is 38.5 Å². The lowest BCUT2D eigenvalue weighted by Gasteiger charge is -2.26. The average molecular weight is 886 g/mol. The number of quaternary nitrogens is 1. The Balaban J connectivity index is 4.22. The zero-order valence-corrected chi connectivity index (χ0v) is 42.3. The number of nitrogens with one attached hydrogen (secondary N) is 1. The predicted molar refractivity (Wildman–Crippen MR) is 263 cm³/mol. The van der Waals surface area contributed by atoms with Crippen LogP contribution in [-0.2, 0) is 18.4 Å². The number of phosphoric ester groups is 1. The summed E-state index contributed by atoms with van der Waals surface area (Å²) in [5.74, 6) is -0.145. The molecule has 3 unspecified atom stereocenters. The number of phosphoric acid groups is 1. The Hall–Kier alpha value is -0.760. The molecule has 0 fully saturated rings. The summed E-state index contributed by atoms with van der Waals surface area (Å²) in [4.78, 5) is 23.3. The highest BCUT2D eigenvalue weighted by molar-refractivity contribution is 7.47. The van der Waals surface area contributed by atoms with E-state index in [1.54, 1.807) is 0 Å². The van der Waals surface area contributed by atoms with E-state index in [1.807, 2.05) is 21.1 Å². The Morgan fingerprint density at radius 3 is 1.26 bits per heavy atom. The van der Waals surface area contributed by atoms with Gasteiger partial charge >= 0.3 is 7.82 Å². The molecule has 61 heavy (non-hydrogen) atoms. The van der Waals surface area contributed by atoms with Crippen molar-refractivity contribution in [2.24, 2.45) is 0 Å². The number of amides is 1. The molecule has 0 aliphatic heterocycles. The number of hydrogen-bond donors (Lipinski definition) is 3. The molecule has 364 valence electrons. The average Bonchev–Trinajstić information content (AvgIpc) is 3.21. The van der Waals surface area contributed by atoms with E-state index in [4.69, 9.17) is 9.05 Å². The van der Waals surface area contributed by atoms with Gasteiger partial charge in [0, 0.05) is 6.42 Å². The zero-order chi connectivity index (χ0) is 45.0. The zero-order valence-electron chi connectivity index (χ0n) is 41.4. The third-order valence-corrected chi connectivity index (χ3v) is 13.2. The molecule has 3 atom stereocenters. The van der Waals surface area contributed by atoms with Crippen LogP contribution < -0.4 is 5.32 Å². The number of carbonyl (C=O) groups excluding carboxylic acids is 1. The number of hydrogen-bond acceptors (Lipinski definition) is 5. The molecule has 0 aromatic carbocycles. The topological polar surface area (TPSA) is 105 Å². The molecule has 0 aromatic heterocycles. The molecule has 0 radical (unpaired) electrons. The van der Waals surface area contributed by atoms with Crippen molar-refractivity contribution in [3.63, 3.8) is 0 Å². The Morgan fingerprint density at radius 2 is 0.885 bits per heavy atom. The van der Waals surface area contributed by atoms with E-state index in [1.165, 1.54) is 199 Å². The summed E-state index contributed by atoms with van der Waals surface area (Å²) in [7, 11) is 1.62. The summed E-state index contributed by atoms with van der Waals surface area (Å²) in [5.41, 5.74) is 0. The maximum Gasteiger partial charge on any atom is 0.472 e. The van der Waals surface area contributed by atoms with Gasteiger partial charge in [-0.05, 0) is 38.5 Å². The van der Waals surface area contributed by atoms with Crippen LogP contribution in [0.25, 0.3) is 0 Å². The van der Waals surface area contributed by atoms with E-state index >= 15 is 0 Å². The lowest BCUT2D eigenvalue weighted by Crippen LogP contribution is -2.46. The first-order valence-corrected chi connectivity index (χ1v) is 28.0.